The molecule has 0 saturated carbocycles. The van der Waals surface area contributed by atoms with Crippen LogP contribution in [0.1, 0.15) is 82.1 Å². The topological polar surface area (TPSA) is 0 Å². The van der Waals surface area contributed by atoms with E-state index in [0.717, 1.165) is 17.8 Å². The van der Waals surface area contributed by atoms with Gasteiger partial charge in [-0.25, -0.2) is 0 Å². The van der Waals surface area contributed by atoms with Gasteiger partial charge in [-0.2, -0.15) is 0 Å². The Morgan fingerprint density at radius 3 is 1.19 bits per heavy atom. The quantitative estimate of drug-likeness (QED) is 0.372. The van der Waals surface area contributed by atoms with Crippen LogP contribution in [0.2, 0.25) is 15.8 Å². The van der Waals surface area contributed by atoms with Crippen molar-refractivity contribution in [2.24, 2.45) is 28.6 Å². The normalized spacial score (nSPS) is 13.6. The summed E-state index contributed by atoms with van der Waals surface area (Å²) in [5.41, 5.74) is 1.10. The highest BCUT2D eigenvalue weighted by atomic mass is 27.2. The Morgan fingerprint density at radius 2 is 0.952 bits per heavy atom. The molecule has 0 radical (unpaired) electrons. The summed E-state index contributed by atoms with van der Waals surface area (Å²) in [6, 6.07) is 0. The zero-order chi connectivity index (χ0) is 16.8. The van der Waals surface area contributed by atoms with Crippen molar-refractivity contribution in [3.05, 3.63) is 0 Å². The minimum absolute atomic E-state index is 0.549. The first-order valence-corrected chi connectivity index (χ1v) is 11.8. The summed E-state index contributed by atoms with van der Waals surface area (Å²) >= 11 is -0.659. The van der Waals surface area contributed by atoms with Gasteiger partial charge in [0.2, 0.25) is 0 Å². The maximum atomic E-state index is 2.52. The number of rotatable bonds is 10. The molecule has 0 amide bonds. The van der Waals surface area contributed by atoms with E-state index in [-0.39, 0.29) is 0 Å². The molecule has 0 saturated heterocycles. The molecule has 21 heavy (non-hydrogen) atoms. The van der Waals surface area contributed by atoms with Gasteiger partial charge >= 0.3 is 0 Å². The lowest BCUT2D eigenvalue weighted by Gasteiger charge is -2.35. The lowest BCUT2D eigenvalue weighted by Crippen LogP contribution is -2.30. The molecule has 126 valence electrons. The van der Waals surface area contributed by atoms with Gasteiger partial charge in [0, 0.05) is 0 Å². The largest absolute Gasteiger partial charge is 0.263 e. The Hall–Kier alpha value is 0.532. The Balaban J connectivity index is 4.80. The molecule has 0 atom stereocenters. The molecule has 0 bridgehead atoms. The molecule has 0 aliphatic rings. The van der Waals surface area contributed by atoms with Gasteiger partial charge in [0.1, 0.15) is 0 Å². The van der Waals surface area contributed by atoms with Crippen molar-refractivity contribution < 1.29 is 0 Å². The van der Waals surface area contributed by atoms with E-state index >= 15 is 0 Å². The van der Waals surface area contributed by atoms with Crippen LogP contribution in [0, 0.1) is 28.6 Å². The summed E-state index contributed by atoms with van der Waals surface area (Å²) in [6.45, 7) is 24.4. The molecule has 0 fully saturated rings. The molecule has 0 aromatic rings. The van der Waals surface area contributed by atoms with Crippen LogP contribution < -0.4 is 0 Å². The van der Waals surface area contributed by atoms with Crippen molar-refractivity contribution in [2.75, 3.05) is 0 Å². The Bertz CT molecular complexity index is 250. The van der Waals surface area contributed by atoms with Crippen LogP contribution in [0.25, 0.3) is 0 Å². The van der Waals surface area contributed by atoms with E-state index in [4.69, 9.17) is 0 Å². The zero-order valence-corrected chi connectivity index (χ0v) is 18.0. The maximum absolute atomic E-state index is 2.52. The number of hydrogen-bond donors (Lipinski definition) is 0. The first-order chi connectivity index (χ1) is 9.33. The van der Waals surface area contributed by atoms with Crippen molar-refractivity contribution >= 4 is 14.1 Å². The van der Waals surface area contributed by atoms with Gasteiger partial charge in [0.25, 0.3) is 14.1 Å². The van der Waals surface area contributed by atoms with E-state index in [0.29, 0.717) is 10.8 Å². The van der Waals surface area contributed by atoms with Crippen LogP contribution >= 0.6 is 0 Å². The average molecular weight is 311 g/mol. The van der Waals surface area contributed by atoms with Crippen molar-refractivity contribution in [3.63, 3.8) is 0 Å². The van der Waals surface area contributed by atoms with E-state index in [1.807, 2.05) is 0 Å². The monoisotopic (exact) mass is 310 g/mol. The standard InChI is InChI=1S/2C8H17.C4H9.Al/c2*1-7(2)6-8(3,4)5;1-4(2)3;/h2*7H,3,6H2,1-2,4-5H3;4H,1H2,2-3H3;. The van der Waals surface area contributed by atoms with Crippen LogP contribution in [0.3, 0.4) is 0 Å². The number of hydrogen-bond acceptors (Lipinski definition) is 0. The Labute approximate surface area is 140 Å². The van der Waals surface area contributed by atoms with Crippen molar-refractivity contribution in [3.8, 4) is 0 Å². The van der Waals surface area contributed by atoms with Gasteiger partial charge < -0.3 is 0 Å². The van der Waals surface area contributed by atoms with E-state index in [9.17, 15) is 0 Å². The minimum atomic E-state index is -0.659. The van der Waals surface area contributed by atoms with Crippen LogP contribution in [-0.2, 0) is 0 Å². The molecule has 0 unspecified atom stereocenters. The van der Waals surface area contributed by atoms with Gasteiger partial charge in [0.15, 0.2) is 0 Å². The lowest BCUT2D eigenvalue weighted by molar-refractivity contribution is 0.301. The smallest absolute Gasteiger partial charge is 0.0915 e. The fourth-order valence-electron chi connectivity index (χ4n) is 4.85. The van der Waals surface area contributed by atoms with Crippen LogP contribution in [0.4, 0.5) is 0 Å². The third-order valence-corrected chi connectivity index (χ3v) is 9.38. The molecule has 0 rings (SSSR count). The molecule has 0 nitrogen and oxygen atoms in total. The van der Waals surface area contributed by atoms with Crippen LogP contribution in [0.15, 0.2) is 0 Å². The SMILES string of the molecule is CC(C)[CH2][Al]([CH2]C(C)(C)CC(C)C)[CH2]C(C)(C)CC(C)C. The van der Waals surface area contributed by atoms with Gasteiger partial charge in [0.05, 0.1) is 0 Å². The third kappa shape index (κ3) is 11.7. The highest BCUT2D eigenvalue weighted by Gasteiger charge is 2.33. The predicted molar refractivity (Wildman–Crippen MR) is 101 cm³/mol. The predicted octanol–water partition coefficient (Wildman–Crippen LogP) is 7.28. The first kappa shape index (κ1) is 21.5. The van der Waals surface area contributed by atoms with Gasteiger partial charge in [-0.15, -0.1) is 0 Å². The summed E-state index contributed by atoms with van der Waals surface area (Å²) in [5.74, 6) is 2.54. The lowest BCUT2D eigenvalue weighted by atomic mass is 9.85. The molecular formula is C20H43Al. The van der Waals surface area contributed by atoms with Crippen LogP contribution in [-0.4, -0.2) is 14.1 Å². The van der Waals surface area contributed by atoms with E-state index in [1.165, 1.54) is 28.7 Å². The van der Waals surface area contributed by atoms with Crippen molar-refractivity contribution in [1.29, 1.82) is 0 Å². The van der Waals surface area contributed by atoms with E-state index < -0.39 is 14.1 Å². The summed E-state index contributed by atoms with van der Waals surface area (Å²) < 4.78 is 0. The third-order valence-electron chi connectivity index (χ3n) is 4.41. The second kappa shape index (κ2) is 8.98. The highest BCUT2D eigenvalue weighted by molar-refractivity contribution is 6.59. The summed E-state index contributed by atoms with van der Waals surface area (Å²) in [7, 11) is 0. The molecule has 0 aliphatic carbocycles. The van der Waals surface area contributed by atoms with E-state index in [1.54, 1.807) is 0 Å². The Kier molecular flexibility index (Phi) is 9.21. The minimum Gasteiger partial charge on any atom is -0.0915 e. The van der Waals surface area contributed by atoms with Crippen molar-refractivity contribution in [1.82, 2.24) is 0 Å². The van der Waals surface area contributed by atoms with E-state index in [2.05, 4.69) is 69.2 Å². The molecule has 0 heterocycles. The molecule has 1 heteroatoms. The Morgan fingerprint density at radius 1 is 0.619 bits per heavy atom. The fourth-order valence-corrected chi connectivity index (χ4v) is 10.1. The summed E-state index contributed by atoms with van der Waals surface area (Å²) in [4.78, 5) is 0. The van der Waals surface area contributed by atoms with Gasteiger partial charge in [-0.1, -0.05) is 91.0 Å². The maximum Gasteiger partial charge on any atom is 0.263 e. The fraction of sp³-hybridized carbons (Fsp3) is 1.00. The molecule has 0 N–H and O–H groups in total. The molecule has 0 spiro atoms. The molecule has 0 aromatic carbocycles. The molecular weight excluding hydrogens is 267 g/mol. The average Bonchev–Trinajstić information content (AvgIpc) is 2.07. The summed E-state index contributed by atoms with van der Waals surface area (Å²) in [6.07, 6.45) is 2.78. The first-order valence-electron chi connectivity index (χ1n) is 9.33. The van der Waals surface area contributed by atoms with Crippen LogP contribution in [0.5, 0.6) is 0 Å². The zero-order valence-electron chi connectivity index (χ0n) is 16.8. The second-order valence-corrected chi connectivity index (χ2v) is 13.4. The summed E-state index contributed by atoms with van der Waals surface area (Å²) in [5, 5.41) is 4.60. The molecule has 0 aromatic heterocycles. The van der Waals surface area contributed by atoms with Gasteiger partial charge in [-0.05, 0) is 35.5 Å². The molecule has 0 aliphatic heterocycles. The second-order valence-electron chi connectivity index (χ2n) is 10.4. The van der Waals surface area contributed by atoms with Crippen molar-refractivity contribution in [2.45, 2.75) is 97.9 Å². The van der Waals surface area contributed by atoms with Gasteiger partial charge in [-0.3, -0.25) is 0 Å². The highest BCUT2D eigenvalue weighted by Crippen LogP contribution is 2.39.